The molecular weight excluding hydrogens is 346 g/mol. The van der Waals surface area contributed by atoms with E-state index in [2.05, 4.69) is 5.32 Å². The lowest BCUT2D eigenvalue weighted by atomic mass is 10.2. The zero-order valence-electron chi connectivity index (χ0n) is 13.5. The average molecular weight is 366 g/mol. The number of rotatable bonds is 9. The normalized spacial score (nSPS) is 10.2. The number of methoxy groups -OCH3 is 1. The van der Waals surface area contributed by atoms with Crippen LogP contribution >= 0.6 is 23.4 Å². The maximum absolute atomic E-state index is 11.8. The Morgan fingerprint density at radius 1 is 1.17 bits per heavy atom. The Bertz CT molecular complexity index is 649. The first-order valence-corrected chi connectivity index (χ1v) is 9.07. The van der Waals surface area contributed by atoms with Crippen LogP contribution < -0.4 is 14.8 Å². The third kappa shape index (κ3) is 6.34. The van der Waals surface area contributed by atoms with E-state index in [1.807, 2.05) is 42.5 Å². The Hall–Kier alpha value is -1.85. The molecule has 1 amide bonds. The second-order valence-corrected chi connectivity index (χ2v) is 6.47. The predicted octanol–water partition coefficient (Wildman–Crippen LogP) is 3.78. The van der Waals surface area contributed by atoms with Gasteiger partial charge >= 0.3 is 0 Å². The molecule has 2 rings (SSSR count). The van der Waals surface area contributed by atoms with Crippen molar-refractivity contribution in [3.05, 3.63) is 59.1 Å². The second kappa shape index (κ2) is 10.1. The molecule has 0 aliphatic carbocycles. The van der Waals surface area contributed by atoms with Gasteiger partial charge in [0.15, 0.2) is 0 Å². The second-order valence-electron chi connectivity index (χ2n) is 4.96. The molecule has 6 heteroatoms. The molecule has 0 aliphatic rings. The number of hydrogen-bond donors (Lipinski definition) is 1. The fourth-order valence-electron chi connectivity index (χ4n) is 1.93. The van der Waals surface area contributed by atoms with Gasteiger partial charge in [-0.05, 0) is 29.8 Å². The van der Waals surface area contributed by atoms with E-state index >= 15 is 0 Å². The quantitative estimate of drug-likeness (QED) is 0.687. The Balaban J connectivity index is 1.58. The summed E-state index contributed by atoms with van der Waals surface area (Å²) in [4.78, 5) is 11.8. The molecule has 4 nitrogen and oxygen atoms in total. The number of amides is 1. The summed E-state index contributed by atoms with van der Waals surface area (Å²) in [6.45, 7) is 1.03. The van der Waals surface area contributed by atoms with Crippen LogP contribution in [0.15, 0.2) is 48.5 Å². The van der Waals surface area contributed by atoms with Gasteiger partial charge in [-0.2, -0.15) is 0 Å². The van der Waals surface area contributed by atoms with Crippen LogP contribution in [0.1, 0.15) is 5.56 Å². The number of para-hydroxylation sites is 1. The van der Waals surface area contributed by atoms with Crippen molar-refractivity contribution in [1.29, 1.82) is 0 Å². The summed E-state index contributed by atoms with van der Waals surface area (Å²) in [6.07, 6.45) is 0. The molecule has 0 aromatic heterocycles. The number of nitrogens with one attached hydrogen (secondary N) is 1. The van der Waals surface area contributed by atoms with Crippen molar-refractivity contribution in [2.45, 2.75) is 6.54 Å². The number of benzene rings is 2. The first-order valence-electron chi connectivity index (χ1n) is 7.54. The van der Waals surface area contributed by atoms with Crippen molar-refractivity contribution >= 4 is 29.3 Å². The summed E-state index contributed by atoms with van der Waals surface area (Å²) in [5.74, 6) is 2.61. The lowest BCUT2D eigenvalue weighted by molar-refractivity contribution is -0.118. The lowest BCUT2D eigenvalue weighted by Crippen LogP contribution is -2.24. The smallest absolute Gasteiger partial charge is 0.230 e. The largest absolute Gasteiger partial charge is 0.497 e. The Labute approximate surface area is 151 Å². The van der Waals surface area contributed by atoms with Crippen LogP contribution in [0, 0.1) is 0 Å². The van der Waals surface area contributed by atoms with Crippen molar-refractivity contribution in [2.24, 2.45) is 0 Å². The van der Waals surface area contributed by atoms with Gasteiger partial charge < -0.3 is 14.8 Å². The molecule has 0 heterocycles. The molecule has 24 heavy (non-hydrogen) atoms. The zero-order valence-corrected chi connectivity index (χ0v) is 15.0. The van der Waals surface area contributed by atoms with Crippen molar-refractivity contribution in [3.63, 3.8) is 0 Å². The minimum Gasteiger partial charge on any atom is -0.497 e. The van der Waals surface area contributed by atoms with E-state index in [1.165, 1.54) is 11.8 Å². The fourth-order valence-corrected chi connectivity index (χ4v) is 2.76. The van der Waals surface area contributed by atoms with Gasteiger partial charge in [0.2, 0.25) is 5.91 Å². The van der Waals surface area contributed by atoms with E-state index < -0.39 is 0 Å². The molecule has 0 bridgehead atoms. The van der Waals surface area contributed by atoms with E-state index in [-0.39, 0.29) is 5.91 Å². The van der Waals surface area contributed by atoms with Crippen LogP contribution in [0.3, 0.4) is 0 Å². The Kier molecular flexibility index (Phi) is 7.79. The van der Waals surface area contributed by atoms with Crippen LogP contribution in [0.5, 0.6) is 11.5 Å². The lowest BCUT2D eigenvalue weighted by Gasteiger charge is -2.08. The highest BCUT2D eigenvalue weighted by molar-refractivity contribution is 7.99. The number of ether oxygens (including phenoxy) is 2. The van der Waals surface area contributed by atoms with Gasteiger partial charge in [-0.3, -0.25) is 4.79 Å². The van der Waals surface area contributed by atoms with Crippen LogP contribution in [0.2, 0.25) is 5.02 Å². The number of carbonyl (C=O) groups excluding carboxylic acids is 1. The molecule has 1 N–H and O–H groups in total. The summed E-state index contributed by atoms with van der Waals surface area (Å²) in [6, 6.07) is 15.0. The van der Waals surface area contributed by atoms with Gasteiger partial charge in [0.25, 0.3) is 0 Å². The molecule has 0 fully saturated rings. The van der Waals surface area contributed by atoms with Gasteiger partial charge in [0.05, 0.1) is 24.5 Å². The molecule has 0 saturated carbocycles. The summed E-state index contributed by atoms with van der Waals surface area (Å²) in [5.41, 5.74) is 1.04. The molecule has 0 atom stereocenters. The van der Waals surface area contributed by atoms with Gasteiger partial charge in [0, 0.05) is 12.3 Å². The fraction of sp³-hybridized carbons (Fsp3) is 0.278. The SMILES string of the molecule is COc1ccc(CNC(=O)CSCCOc2ccccc2Cl)cc1. The highest BCUT2D eigenvalue weighted by atomic mass is 35.5. The maximum Gasteiger partial charge on any atom is 0.230 e. The van der Waals surface area contributed by atoms with Gasteiger partial charge in [-0.25, -0.2) is 0 Å². The van der Waals surface area contributed by atoms with E-state index in [4.69, 9.17) is 21.1 Å². The third-order valence-corrected chi connectivity index (χ3v) is 4.44. The van der Waals surface area contributed by atoms with E-state index in [9.17, 15) is 4.79 Å². The Morgan fingerprint density at radius 2 is 1.92 bits per heavy atom. The highest BCUT2D eigenvalue weighted by Crippen LogP contribution is 2.23. The summed E-state index contributed by atoms with van der Waals surface area (Å²) in [5, 5.41) is 3.49. The zero-order chi connectivity index (χ0) is 17.2. The molecule has 0 aliphatic heterocycles. The first kappa shape index (κ1) is 18.5. The summed E-state index contributed by atoms with van der Waals surface area (Å²) in [7, 11) is 1.63. The third-order valence-electron chi connectivity index (χ3n) is 3.20. The average Bonchev–Trinajstić information content (AvgIpc) is 2.61. The van der Waals surface area contributed by atoms with E-state index in [0.717, 1.165) is 17.1 Å². The molecule has 2 aromatic carbocycles. The predicted molar refractivity (Wildman–Crippen MR) is 99.1 cm³/mol. The summed E-state index contributed by atoms with van der Waals surface area (Å²) < 4.78 is 10.7. The van der Waals surface area contributed by atoms with Crippen LogP contribution in [-0.4, -0.2) is 31.1 Å². The van der Waals surface area contributed by atoms with Gasteiger partial charge in [-0.15, -0.1) is 11.8 Å². The maximum atomic E-state index is 11.8. The molecule has 0 spiro atoms. The van der Waals surface area contributed by atoms with Crippen molar-refractivity contribution < 1.29 is 14.3 Å². The molecular formula is C18H20ClNO3S. The van der Waals surface area contributed by atoms with Gasteiger partial charge in [0.1, 0.15) is 11.5 Å². The minimum atomic E-state index is 0.00793. The number of carbonyl (C=O) groups is 1. The first-order chi connectivity index (χ1) is 11.7. The number of hydrogen-bond acceptors (Lipinski definition) is 4. The highest BCUT2D eigenvalue weighted by Gasteiger charge is 2.03. The number of halogens is 1. The van der Waals surface area contributed by atoms with Crippen LogP contribution in [0.25, 0.3) is 0 Å². The number of thioether (sulfide) groups is 1. The molecule has 0 unspecified atom stereocenters. The van der Waals surface area contributed by atoms with Crippen LogP contribution in [-0.2, 0) is 11.3 Å². The van der Waals surface area contributed by atoms with Gasteiger partial charge in [-0.1, -0.05) is 35.9 Å². The van der Waals surface area contributed by atoms with E-state index in [0.29, 0.717) is 29.7 Å². The minimum absolute atomic E-state index is 0.00793. The molecule has 2 aromatic rings. The monoisotopic (exact) mass is 365 g/mol. The topological polar surface area (TPSA) is 47.6 Å². The summed E-state index contributed by atoms with van der Waals surface area (Å²) >= 11 is 7.53. The van der Waals surface area contributed by atoms with Crippen molar-refractivity contribution in [1.82, 2.24) is 5.32 Å². The standard InChI is InChI=1S/C18H20ClNO3S/c1-22-15-8-6-14(7-9-15)12-20-18(21)13-24-11-10-23-17-5-3-2-4-16(17)19/h2-9H,10-13H2,1H3,(H,20,21). The van der Waals surface area contributed by atoms with Crippen molar-refractivity contribution in [3.8, 4) is 11.5 Å². The molecule has 0 saturated heterocycles. The van der Waals surface area contributed by atoms with Crippen molar-refractivity contribution in [2.75, 3.05) is 25.2 Å². The van der Waals surface area contributed by atoms with Crippen LogP contribution in [0.4, 0.5) is 0 Å². The molecule has 128 valence electrons. The Morgan fingerprint density at radius 3 is 2.62 bits per heavy atom. The molecule has 0 radical (unpaired) electrons. The van der Waals surface area contributed by atoms with E-state index in [1.54, 1.807) is 13.2 Å².